The van der Waals surface area contributed by atoms with Gasteiger partial charge < -0.3 is 10.2 Å². The summed E-state index contributed by atoms with van der Waals surface area (Å²) in [5, 5.41) is 3.40. The number of aromatic nitrogens is 1. The van der Waals surface area contributed by atoms with E-state index in [4.69, 9.17) is 11.6 Å². The van der Waals surface area contributed by atoms with Crippen LogP contribution in [0.25, 0.3) is 0 Å². The Bertz CT molecular complexity index is 421. The number of hydrogen-bond acceptors (Lipinski definition) is 3. The fourth-order valence-corrected chi connectivity index (χ4v) is 1.85. The van der Waals surface area contributed by atoms with Crippen LogP contribution in [0, 0.1) is 0 Å². The van der Waals surface area contributed by atoms with E-state index in [1.165, 1.54) is 13.2 Å². The molecule has 0 unspecified atom stereocenters. The summed E-state index contributed by atoms with van der Waals surface area (Å²) in [4.78, 5) is 4.98. The monoisotopic (exact) mass is 295 g/mol. The normalized spacial score (nSPS) is 12.0. The van der Waals surface area contributed by atoms with E-state index >= 15 is 0 Å². The molecule has 0 spiro atoms. The summed E-state index contributed by atoms with van der Waals surface area (Å²) in [6, 6.07) is 1.94. The predicted molar refractivity (Wildman–Crippen MR) is 70.5 cm³/mol. The third-order valence-electron chi connectivity index (χ3n) is 2.37. The predicted octanol–water partition coefficient (Wildman–Crippen LogP) is 3.23. The molecule has 0 aromatic carbocycles. The number of nitrogens with zero attached hydrogens (tertiary/aromatic N) is 2. The Morgan fingerprint density at radius 1 is 1.42 bits per heavy atom. The molecule has 1 aromatic rings. The van der Waals surface area contributed by atoms with Gasteiger partial charge in [0.2, 0.25) is 0 Å². The van der Waals surface area contributed by atoms with Gasteiger partial charge in [0.15, 0.2) is 0 Å². The second-order valence-electron chi connectivity index (χ2n) is 4.66. The van der Waals surface area contributed by atoms with Crippen molar-refractivity contribution in [3.05, 3.63) is 22.8 Å². The van der Waals surface area contributed by atoms with E-state index in [9.17, 15) is 13.2 Å². The SMILES string of the molecule is CC(C)NCc1cnc(N(C)CC(F)(F)F)c(Cl)c1. The minimum atomic E-state index is -4.28. The smallest absolute Gasteiger partial charge is 0.349 e. The molecule has 0 aliphatic heterocycles. The molecule has 0 bridgehead atoms. The van der Waals surface area contributed by atoms with E-state index in [1.807, 2.05) is 13.8 Å². The first-order valence-corrected chi connectivity index (χ1v) is 6.22. The second-order valence-corrected chi connectivity index (χ2v) is 5.06. The number of hydrogen-bond donors (Lipinski definition) is 1. The van der Waals surface area contributed by atoms with Crippen molar-refractivity contribution in [1.82, 2.24) is 10.3 Å². The van der Waals surface area contributed by atoms with Gasteiger partial charge in [-0.3, -0.25) is 0 Å². The van der Waals surface area contributed by atoms with Gasteiger partial charge in [-0.2, -0.15) is 13.2 Å². The van der Waals surface area contributed by atoms with Gasteiger partial charge in [0, 0.05) is 25.8 Å². The first kappa shape index (κ1) is 16.0. The lowest BCUT2D eigenvalue weighted by atomic mass is 10.2. The quantitative estimate of drug-likeness (QED) is 0.904. The van der Waals surface area contributed by atoms with E-state index in [0.29, 0.717) is 12.6 Å². The Labute approximate surface area is 115 Å². The number of anilines is 1. The van der Waals surface area contributed by atoms with Crippen LogP contribution in [0.3, 0.4) is 0 Å². The van der Waals surface area contributed by atoms with Crippen molar-refractivity contribution in [1.29, 1.82) is 0 Å². The highest BCUT2D eigenvalue weighted by molar-refractivity contribution is 6.33. The van der Waals surface area contributed by atoms with Crippen molar-refractivity contribution in [3.8, 4) is 0 Å². The van der Waals surface area contributed by atoms with Crippen LogP contribution < -0.4 is 10.2 Å². The molecular formula is C12H17ClF3N3. The molecule has 0 atom stereocenters. The number of pyridine rings is 1. The van der Waals surface area contributed by atoms with E-state index in [1.54, 1.807) is 6.07 Å². The fraction of sp³-hybridized carbons (Fsp3) is 0.583. The van der Waals surface area contributed by atoms with Crippen molar-refractivity contribution in [2.75, 3.05) is 18.5 Å². The molecule has 1 aromatic heterocycles. The largest absolute Gasteiger partial charge is 0.405 e. The Balaban J connectivity index is 2.76. The lowest BCUT2D eigenvalue weighted by Crippen LogP contribution is -2.31. The van der Waals surface area contributed by atoms with Crippen LogP contribution in [0.1, 0.15) is 19.4 Å². The summed E-state index contributed by atoms with van der Waals surface area (Å²) < 4.78 is 36.9. The Kier molecular flexibility index (Phi) is 5.43. The molecule has 19 heavy (non-hydrogen) atoms. The van der Waals surface area contributed by atoms with Crippen molar-refractivity contribution >= 4 is 17.4 Å². The molecule has 0 amide bonds. The average molecular weight is 296 g/mol. The average Bonchev–Trinajstić information content (AvgIpc) is 2.23. The van der Waals surface area contributed by atoms with E-state index in [2.05, 4.69) is 10.3 Å². The summed E-state index contributed by atoms with van der Waals surface area (Å²) in [6.07, 6.45) is -2.75. The highest BCUT2D eigenvalue weighted by Crippen LogP contribution is 2.26. The summed E-state index contributed by atoms with van der Waals surface area (Å²) in [6.45, 7) is 3.50. The Morgan fingerprint density at radius 2 is 2.05 bits per heavy atom. The van der Waals surface area contributed by atoms with Gasteiger partial charge in [0.05, 0.1) is 5.02 Å². The first-order chi connectivity index (χ1) is 8.69. The van der Waals surface area contributed by atoms with Crippen molar-refractivity contribution in [2.45, 2.75) is 32.6 Å². The molecule has 0 saturated heterocycles. The highest BCUT2D eigenvalue weighted by atomic mass is 35.5. The number of nitrogens with one attached hydrogen (secondary N) is 1. The van der Waals surface area contributed by atoms with Gasteiger partial charge in [-0.15, -0.1) is 0 Å². The molecule has 0 radical (unpaired) electrons. The molecule has 0 saturated carbocycles. The van der Waals surface area contributed by atoms with Gasteiger partial charge in [-0.25, -0.2) is 4.98 Å². The molecule has 7 heteroatoms. The molecule has 0 fully saturated rings. The van der Waals surface area contributed by atoms with E-state index in [-0.39, 0.29) is 10.8 Å². The van der Waals surface area contributed by atoms with Crippen LogP contribution in [0.5, 0.6) is 0 Å². The third kappa shape index (κ3) is 5.65. The Hall–Kier alpha value is -1.01. The van der Waals surface area contributed by atoms with Crippen molar-refractivity contribution in [3.63, 3.8) is 0 Å². The number of rotatable bonds is 5. The van der Waals surface area contributed by atoms with Crippen LogP contribution in [-0.4, -0.2) is 30.8 Å². The maximum atomic E-state index is 12.3. The summed E-state index contributed by atoms with van der Waals surface area (Å²) >= 11 is 5.97. The summed E-state index contributed by atoms with van der Waals surface area (Å²) in [5.41, 5.74) is 0.836. The zero-order chi connectivity index (χ0) is 14.6. The highest BCUT2D eigenvalue weighted by Gasteiger charge is 2.30. The zero-order valence-corrected chi connectivity index (χ0v) is 11.8. The second kappa shape index (κ2) is 6.43. The maximum absolute atomic E-state index is 12.3. The number of halogens is 4. The Morgan fingerprint density at radius 3 is 2.53 bits per heavy atom. The molecule has 0 aliphatic rings. The molecule has 1 N–H and O–H groups in total. The van der Waals surface area contributed by atoms with Crippen LogP contribution in [0.15, 0.2) is 12.3 Å². The number of alkyl halides is 3. The molecule has 1 rings (SSSR count). The van der Waals surface area contributed by atoms with Gasteiger partial charge in [0.25, 0.3) is 0 Å². The molecular weight excluding hydrogens is 279 g/mol. The minimum Gasteiger partial charge on any atom is -0.349 e. The molecule has 1 heterocycles. The van der Waals surface area contributed by atoms with Gasteiger partial charge in [-0.05, 0) is 11.6 Å². The third-order valence-corrected chi connectivity index (χ3v) is 2.65. The lowest BCUT2D eigenvalue weighted by Gasteiger charge is -2.21. The fourth-order valence-electron chi connectivity index (χ4n) is 1.51. The van der Waals surface area contributed by atoms with Gasteiger partial charge in [0.1, 0.15) is 12.4 Å². The van der Waals surface area contributed by atoms with E-state index < -0.39 is 12.7 Å². The summed E-state index contributed by atoms with van der Waals surface area (Å²) in [5.74, 6) is 0.132. The minimum absolute atomic E-state index is 0.132. The van der Waals surface area contributed by atoms with Crippen molar-refractivity contribution < 1.29 is 13.2 Å². The van der Waals surface area contributed by atoms with Crippen LogP contribution >= 0.6 is 11.6 Å². The van der Waals surface area contributed by atoms with Crippen molar-refractivity contribution in [2.24, 2.45) is 0 Å². The lowest BCUT2D eigenvalue weighted by molar-refractivity contribution is -0.119. The molecule has 0 aliphatic carbocycles. The molecule has 108 valence electrons. The van der Waals surface area contributed by atoms with Crippen LogP contribution in [0.4, 0.5) is 19.0 Å². The van der Waals surface area contributed by atoms with E-state index in [0.717, 1.165) is 10.5 Å². The molecule has 3 nitrogen and oxygen atoms in total. The van der Waals surface area contributed by atoms with Crippen LogP contribution in [0.2, 0.25) is 5.02 Å². The van der Waals surface area contributed by atoms with Crippen LogP contribution in [-0.2, 0) is 6.54 Å². The van der Waals surface area contributed by atoms with Gasteiger partial charge >= 0.3 is 6.18 Å². The zero-order valence-electron chi connectivity index (χ0n) is 11.1. The standard InChI is InChI=1S/C12H17ClF3N3/c1-8(2)17-5-9-4-10(13)11(18-6-9)19(3)7-12(14,15)16/h4,6,8,17H,5,7H2,1-3H3. The summed E-state index contributed by atoms with van der Waals surface area (Å²) in [7, 11) is 1.31. The van der Waals surface area contributed by atoms with Gasteiger partial charge in [-0.1, -0.05) is 25.4 Å². The maximum Gasteiger partial charge on any atom is 0.405 e. The first-order valence-electron chi connectivity index (χ1n) is 5.84. The topological polar surface area (TPSA) is 28.2 Å².